The van der Waals surface area contributed by atoms with Crippen molar-refractivity contribution in [3.8, 4) is 5.75 Å². The number of imide groups is 1. The number of likely N-dealkylation sites (tertiary alicyclic amines) is 1. The van der Waals surface area contributed by atoms with E-state index in [0.29, 0.717) is 18.8 Å². The van der Waals surface area contributed by atoms with Gasteiger partial charge >= 0.3 is 0 Å². The van der Waals surface area contributed by atoms with Crippen molar-refractivity contribution in [1.29, 1.82) is 0 Å². The van der Waals surface area contributed by atoms with Gasteiger partial charge in [-0.1, -0.05) is 61.4 Å². The summed E-state index contributed by atoms with van der Waals surface area (Å²) in [7, 11) is 1.62. The molecular weight excluding hydrogens is 426 g/mol. The molecule has 3 aliphatic rings. The van der Waals surface area contributed by atoms with E-state index in [1.165, 1.54) is 21.6 Å². The van der Waals surface area contributed by atoms with Crippen molar-refractivity contribution in [2.45, 2.75) is 52.1 Å². The van der Waals surface area contributed by atoms with Gasteiger partial charge < -0.3 is 9.84 Å². The van der Waals surface area contributed by atoms with Gasteiger partial charge in [0.2, 0.25) is 11.8 Å². The minimum absolute atomic E-state index is 0.0150. The van der Waals surface area contributed by atoms with Crippen LogP contribution in [0.1, 0.15) is 51.5 Å². The van der Waals surface area contributed by atoms with Crippen LogP contribution in [0.4, 0.5) is 0 Å². The van der Waals surface area contributed by atoms with Crippen molar-refractivity contribution in [3.63, 3.8) is 0 Å². The fourth-order valence-electron chi connectivity index (χ4n) is 6.29. The van der Waals surface area contributed by atoms with Gasteiger partial charge in [-0.05, 0) is 54.7 Å². The molecule has 0 aromatic heterocycles. The summed E-state index contributed by atoms with van der Waals surface area (Å²) in [6, 6.07) is 11.7. The van der Waals surface area contributed by atoms with Gasteiger partial charge in [0.1, 0.15) is 5.75 Å². The molecule has 0 saturated carbocycles. The molecule has 0 radical (unpaired) electrons. The first-order valence-electron chi connectivity index (χ1n) is 12.5. The highest BCUT2D eigenvalue weighted by atomic mass is 16.5. The second-order valence-electron chi connectivity index (χ2n) is 9.83. The minimum atomic E-state index is -0.252. The van der Waals surface area contributed by atoms with Crippen molar-refractivity contribution < 1.29 is 19.4 Å². The number of hydrogen-bond donors (Lipinski definition) is 1. The van der Waals surface area contributed by atoms with Gasteiger partial charge in [0.05, 0.1) is 24.5 Å². The number of carbonyl (C=O) groups excluding carboxylic acids is 2. The first-order valence-corrected chi connectivity index (χ1v) is 12.5. The lowest BCUT2D eigenvalue weighted by Gasteiger charge is -2.31. The van der Waals surface area contributed by atoms with Crippen LogP contribution in [0.3, 0.4) is 0 Å². The number of nitrogens with zero attached hydrogens (tertiary/aromatic N) is 1. The number of fused-ring (bicyclic) bond motifs is 4. The molecule has 5 heteroatoms. The maximum Gasteiger partial charge on any atom is 0.233 e. The number of phenolic OH excluding ortho intramolecular Hbond substituents is 1. The minimum Gasteiger partial charge on any atom is -0.507 e. The highest BCUT2D eigenvalue weighted by Crippen LogP contribution is 2.50. The van der Waals surface area contributed by atoms with Crippen LogP contribution in [0.15, 0.2) is 53.1 Å². The van der Waals surface area contributed by atoms with Crippen molar-refractivity contribution in [1.82, 2.24) is 4.90 Å². The predicted octanol–water partition coefficient (Wildman–Crippen LogP) is 5.48. The summed E-state index contributed by atoms with van der Waals surface area (Å²) in [5, 5.41) is 12.1. The van der Waals surface area contributed by atoms with E-state index in [9.17, 15) is 14.7 Å². The second-order valence-corrected chi connectivity index (χ2v) is 9.83. The molecule has 5 rings (SSSR count). The Balaban J connectivity index is 1.38. The van der Waals surface area contributed by atoms with Gasteiger partial charge in [-0.15, -0.1) is 0 Å². The SMILES string of the molecule is CCC1=C2[C@@H](CC/C(=C/c3ccc(O)c4ccccc34)CC)OC[C@@H]2[C@@H]2C(=O)N(C)C(=O)[C@@H]2C1. The predicted molar refractivity (Wildman–Crippen MR) is 133 cm³/mol. The quantitative estimate of drug-likeness (QED) is 0.459. The molecule has 2 fully saturated rings. The number of phenols is 1. The summed E-state index contributed by atoms with van der Waals surface area (Å²) in [5.74, 6) is -0.188. The third-order valence-corrected chi connectivity index (χ3v) is 8.13. The number of amides is 2. The van der Waals surface area contributed by atoms with E-state index >= 15 is 0 Å². The lowest BCUT2D eigenvalue weighted by atomic mass is 9.69. The Bertz CT molecular complexity index is 1210. The Morgan fingerprint density at radius 1 is 1.09 bits per heavy atom. The van der Waals surface area contributed by atoms with E-state index in [4.69, 9.17) is 4.74 Å². The zero-order valence-electron chi connectivity index (χ0n) is 20.2. The van der Waals surface area contributed by atoms with Crippen molar-refractivity contribution >= 4 is 28.7 Å². The Kier molecular flexibility index (Phi) is 6.07. The van der Waals surface area contributed by atoms with Crippen LogP contribution >= 0.6 is 0 Å². The molecule has 1 N–H and O–H groups in total. The highest BCUT2D eigenvalue weighted by molar-refractivity contribution is 6.05. The fourth-order valence-corrected chi connectivity index (χ4v) is 6.29. The van der Waals surface area contributed by atoms with Crippen LogP contribution in [0.2, 0.25) is 0 Å². The Hall–Kier alpha value is -2.92. The smallest absolute Gasteiger partial charge is 0.233 e. The van der Waals surface area contributed by atoms with Gasteiger partial charge in [0.15, 0.2) is 0 Å². The third-order valence-electron chi connectivity index (χ3n) is 8.13. The summed E-state index contributed by atoms with van der Waals surface area (Å²) in [6.07, 6.45) is 6.57. The normalized spacial score (nSPS) is 27.0. The van der Waals surface area contributed by atoms with E-state index in [1.54, 1.807) is 13.1 Å². The van der Waals surface area contributed by atoms with E-state index in [0.717, 1.165) is 42.0 Å². The summed E-state index contributed by atoms with van der Waals surface area (Å²) < 4.78 is 6.29. The van der Waals surface area contributed by atoms with Gasteiger partial charge in [-0.25, -0.2) is 0 Å². The number of benzene rings is 2. The van der Waals surface area contributed by atoms with E-state index in [-0.39, 0.29) is 35.7 Å². The molecule has 0 unspecified atom stereocenters. The number of allylic oxidation sites excluding steroid dienone is 2. The van der Waals surface area contributed by atoms with Crippen LogP contribution in [-0.2, 0) is 14.3 Å². The molecule has 34 heavy (non-hydrogen) atoms. The molecule has 2 aromatic carbocycles. The van der Waals surface area contributed by atoms with Gasteiger partial charge in [-0.2, -0.15) is 0 Å². The number of hydrogen-bond acceptors (Lipinski definition) is 4. The zero-order valence-corrected chi connectivity index (χ0v) is 20.2. The van der Waals surface area contributed by atoms with Crippen LogP contribution in [-0.4, -0.2) is 41.6 Å². The van der Waals surface area contributed by atoms with Crippen molar-refractivity contribution in [3.05, 3.63) is 58.7 Å². The Labute approximate surface area is 201 Å². The number of ether oxygens (including phenoxy) is 1. The number of rotatable bonds is 6. The van der Waals surface area contributed by atoms with E-state index < -0.39 is 0 Å². The van der Waals surface area contributed by atoms with E-state index in [1.807, 2.05) is 30.3 Å². The molecular formula is C29H33NO4. The van der Waals surface area contributed by atoms with Crippen LogP contribution in [0.25, 0.3) is 16.8 Å². The summed E-state index contributed by atoms with van der Waals surface area (Å²) >= 11 is 0. The van der Waals surface area contributed by atoms with Crippen LogP contribution < -0.4 is 0 Å². The zero-order chi connectivity index (χ0) is 24.0. The van der Waals surface area contributed by atoms with Gasteiger partial charge in [0, 0.05) is 18.4 Å². The lowest BCUT2D eigenvalue weighted by molar-refractivity contribution is -0.138. The van der Waals surface area contributed by atoms with Gasteiger partial charge in [-0.3, -0.25) is 14.5 Å². The summed E-state index contributed by atoms with van der Waals surface area (Å²) in [4.78, 5) is 26.8. The summed E-state index contributed by atoms with van der Waals surface area (Å²) in [5.41, 5.74) is 5.06. The van der Waals surface area contributed by atoms with E-state index in [2.05, 4.69) is 19.9 Å². The monoisotopic (exact) mass is 459 g/mol. The Morgan fingerprint density at radius 3 is 2.59 bits per heavy atom. The maximum atomic E-state index is 12.8. The molecule has 2 aromatic rings. The number of carbonyl (C=O) groups is 2. The summed E-state index contributed by atoms with van der Waals surface area (Å²) in [6.45, 7) is 4.85. The van der Waals surface area contributed by atoms with Crippen molar-refractivity contribution in [2.75, 3.05) is 13.7 Å². The van der Waals surface area contributed by atoms with Crippen LogP contribution in [0, 0.1) is 17.8 Å². The molecule has 2 aliphatic heterocycles. The molecule has 2 saturated heterocycles. The average Bonchev–Trinajstić information content (AvgIpc) is 3.37. The van der Waals surface area contributed by atoms with Crippen molar-refractivity contribution in [2.24, 2.45) is 17.8 Å². The molecule has 178 valence electrons. The number of aromatic hydroxyl groups is 1. The topological polar surface area (TPSA) is 66.8 Å². The largest absolute Gasteiger partial charge is 0.507 e. The molecule has 2 heterocycles. The molecule has 0 bridgehead atoms. The first kappa shape index (κ1) is 22.9. The van der Waals surface area contributed by atoms with Gasteiger partial charge in [0.25, 0.3) is 0 Å². The highest BCUT2D eigenvalue weighted by Gasteiger charge is 2.55. The lowest BCUT2D eigenvalue weighted by Crippen LogP contribution is -2.33. The second kappa shape index (κ2) is 9.03. The molecule has 4 atom stereocenters. The Morgan fingerprint density at radius 2 is 1.85 bits per heavy atom. The molecule has 0 spiro atoms. The third kappa shape index (κ3) is 3.67. The first-order chi connectivity index (χ1) is 16.4. The maximum absolute atomic E-state index is 12.8. The standard InChI is InChI=1S/C29H33NO4/c1-4-17(14-19-11-12-24(31)21-9-7-6-8-20(19)21)10-13-25-26-18(5-2)15-22-27(23(26)16-34-25)29(33)30(3)28(22)32/h6-9,11-12,14,22-23,25,27,31H,4-5,10,13,15-16H2,1-3H3/b17-14+/t22-,23+,25-,27-/m1/s1. The molecule has 2 amide bonds. The average molecular weight is 460 g/mol. The molecule has 1 aliphatic carbocycles. The molecule has 5 nitrogen and oxygen atoms in total. The fraction of sp³-hybridized carbons (Fsp3) is 0.448. The van der Waals surface area contributed by atoms with Crippen LogP contribution in [0.5, 0.6) is 5.75 Å².